The van der Waals surface area contributed by atoms with Gasteiger partial charge in [-0.25, -0.2) is 13.4 Å². The Labute approximate surface area is 166 Å². The van der Waals surface area contributed by atoms with Gasteiger partial charge in [0.15, 0.2) is 0 Å². The van der Waals surface area contributed by atoms with E-state index in [1.165, 1.54) is 27.8 Å². The van der Waals surface area contributed by atoms with Crippen molar-refractivity contribution in [3.8, 4) is 0 Å². The maximum atomic E-state index is 12.8. The molecule has 2 aromatic rings. The highest BCUT2D eigenvalue weighted by atomic mass is 32.2. The van der Waals surface area contributed by atoms with E-state index in [-0.39, 0.29) is 29.7 Å². The molecular weight excluding hydrogens is 404 g/mol. The zero-order valence-electron chi connectivity index (χ0n) is 15.0. The van der Waals surface area contributed by atoms with Gasteiger partial charge in [-0.15, -0.1) is 11.3 Å². The highest BCUT2D eigenvalue weighted by Crippen LogP contribution is 2.44. The van der Waals surface area contributed by atoms with Crippen molar-refractivity contribution in [2.75, 3.05) is 31.6 Å². The molecule has 1 aliphatic carbocycles. The Morgan fingerprint density at radius 2 is 2.07 bits per heavy atom. The van der Waals surface area contributed by atoms with Crippen molar-refractivity contribution >= 4 is 32.7 Å². The Bertz CT molecular complexity index is 954. The normalized spacial score (nSPS) is 19.3. The molecule has 1 atom stereocenters. The maximum absolute atomic E-state index is 12.8. The molecule has 9 nitrogen and oxygen atoms in total. The van der Waals surface area contributed by atoms with Crippen LogP contribution in [0.3, 0.4) is 0 Å². The fraction of sp³-hybridized carbons (Fsp3) is 0.471. The molecule has 0 spiro atoms. The minimum Gasteiger partial charge on any atom is -0.379 e. The molecule has 0 bridgehead atoms. The second kappa shape index (κ2) is 7.74. The van der Waals surface area contributed by atoms with E-state index in [1.54, 1.807) is 6.20 Å². The van der Waals surface area contributed by atoms with Gasteiger partial charge in [0.05, 0.1) is 29.1 Å². The molecule has 1 saturated heterocycles. The van der Waals surface area contributed by atoms with Crippen LogP contribution in [0.25, 0.3) is 0 Å². The van der Waals surface area contributed by atoms with Gasteiger partial charge in [0.2, 0.25) is 10.0 Å². The summed E-state index contributed by atoms with van der Waals surface area (Å²) in [5, 5.41) is 17.6. The van der Waals surface area contributed by atoms with Crippen LogP contribution in [0, 0.1) is 16.0 Å². The number of benzene rings is 1. The molecule has 0 unspecified atom stereocenters. The molecule has 1 saturated carbocycles. The zero-order chi connectivity index (χ0) is 19.7. The third-order valence-corrected chi connectivity index (χ3v) is 7.65. The highest BCUT2D eigenvalue weighted by Gasteiger charge is 2.36. The molecule has 11 heteroatoms. The van der Waals surface area contributed by atoms with E-state index in [4.69, 9.17) is 4.74 Å². The molecule has 28 heavy (non-hydrogen) atoms. The first kappa shape index (κ1) is 19.2. The zero-order valence-corrected chi connectivity index (χ0v) is 16.6. The van der Waals surface area contributed by atoms with Crippen LogP contribution in [-0.2, 0) is 14.8 Å². The first-order valence-electron chi connectivity index (χ1n) is 8.99. The summed E-state index contributed by atoms with van der Waals surface area (Å²) in [5.74, 6) is 0.377. The lowest BCUT2D eigenvalue weighted by molar-refractivity contribution is -0.384. The first-order valence-corrected chi connectivity index (χ1v) is 11.3. The third kappa shape index (κ3) is 3.88. The molecule has 4 rings (SSSR count). The van der Waals surface area contributed by atoms with Gasteiger partial charge in [0.1, 0.15) is 10.7 Å². The van der Waals surface area contributed by atoms with E-state index >= 15 is 0 Å². The third-order valence-electron chi connectivity index (χ3n) is 4.90. The molecule has 1 aliphatic heterocycles. The number of nitro groups is 1. The summed E-state index contributed by atoms with van der Waals surface area (Å²) in [4.78, 5) is 15.4. The predicted molar refractivity (Wildman–Crippen MR) is 104 cm³/mol. The molecular formula is C17H20N4O5S2. The molecule has 1 aromatic carbocycles. The number of sulfonamides is 1. The summed E-state index contributed by atoms with van der Waals surface area (Å²) < 4.78 is 32.1. The number of nitrogens with zero attached hydrogens (tertiary/aromatic N) is 3. The van der Waals surface area contributed by atoms with Crippen LogP contribution in [-0.4, -0.2) is 48.9 Å². The second-order valence-corrected chi connectivity index (χ2v) is 9.65. The Kier molecular flexibility index (Phi) is 5.32. The molecule has 150 valence electrons. The standard InChI is InChI=1S/C17H20N4O5S2/c22-21(23)15-11-13(28(24,25)20-6-8-26-9-7-20)3-4-14(15)19-16(12-1-2-12)17-18-5-10-27-17/h3-5,10-12,16,19H,1-2,6-9H2/t16-/m1/s1. The van der Waals surface area contributed by atoms with Gasteiger partial charge in [-0.1, -0.05) is 0 Å². The number of nitro benzene ring substituents is 1. The highest BCUT2D eigenvalue weighted by molar-refractivity contribution is 7.89. The van der Waals surface area contributed by atoms with Crippen LogP contribution in [0.4, 0.5) is 11.4 Å². The number of anilines is 1. The van der Waals surface area contributed by atoms with Crippen molar-refractivity contribution in [2.45, 2.75) is 23.8 Å². The van der Waals surface area contributed by atoms with E-state index in [0.717, 1.165) is 23.9 Å². The SMILES string of the molecule is O=[N+]([O-])c1cc(S(=O)(=O)N2CCOCC2)ccc1N[C@@H](c1nccs1)C1CC1. The number of aromatic nitrogens is 1. The van der Waals surface area contributed by atoms with E-state index in [9.17, 15) is 18.5 Å². The average Bonchev–Trinajstić information content (AvgIpc) is 3.40. The Hall–Kier alpha value is -2.08. The monoisotopic (exact) mass is 424 g/mol. The first-order chi connectivity index (χ1) is 13.5. The van der Waals surface area contributed by atoms with Crippen molar-refractivity contribution in [3.05, 3.63) is 44.9 Å². The van der Waals surface area contributed by atoms with Crippen LogP contribution in [0.1, 0.15) is 23.9 Å². The summed E-state index contributed by atoms with van der Waals surface area (Å²) in [7, 11) is -3.80. The van der Waals surface area contributed by atoms with Gasteiger partial charge < -0.3 is 10.1 Å². The topological polar surface area (TPSA) is 115 Å². The largest absolute Gasteiger partial charge is 0.379 e. The average molecular weight is 425 g/mol. The number of nitrogens with one attached hydrogen (secondary N) is 1. The Morgan fingerprint density at radius 1 is 1.32 bits per heavy atom. The van der Waals surface area contributed by atoms with Gasteiger partial charge in [0.25, 0.3) is 5.69 Å². The number of thiazole rings is 1. The fourth-order valence-electron chi connectivity index (χ4n) is 3.25. The quantitative estimate of drug-likeness (QED) is 0.537. The summed E-state index contributed by atoms with van der Waals surface area (Å²) in [6, 6.07) is 3.93. The molecule has 0 amide bonds. The van der Waals surface area contributed by atoms with Gasteiger partial charge in [0, 0.05) is 30.7 Å². The van der Waals surface area contributed by atoms with Crippen LogP contribution in [0.2, 0.25) is 0 Å². The number of hydrogen-bond acceptors (Lipinski definition) is 8. The number of ether oxygens (including phenoxy) is 1. The summed E-state index contributed by atoms with van der Waals surface area (Å²) in [5.41, 5.74) is 0.0505. The van der Waals surface area contributed by atoms with Crippen LogP contribution in [0.15, 0.2) is 34.7 Å². The van der Waals surface area contributed by atoms with Gasteiger partial charge >= 0.3 is 0 Å². The molecule has 1 aromatic heterocycles. The minimum absolute atomic E-state index is 0.0797. The lowest BCUT2D eigenvalue weighted by atomic mass is 10.1. The van der Waals surface area contributed by atoms with Gasteiger partial charge in [-0.3, -0.25) is 10.1 Å². The Balaban J connectivity index is 1.65. The molecule has 2 aliphatic rings. The van der Waals surface area contributed by atoms with Crippen molar-refractivity contribution in [3.63, 3.8) is 0 Å². The van der Waals surface area contributed by atoms with Gasteiger partial charge in [-0.2, -0.15) is 4.31 Å². The maximum Gasteiger partial charge on any atom is 0.293 e. The van der Waals surface area contributed by atoms with Crippen LogP contribution in [0.5, 0.6) is 0 Å². The van der Waals surface area contributed by atoms with Crippen molar-refractivity contribution in [1.82, 2.24) is 9.29 Å². The van der Waals surface area contributed by atoms with Crippen molar-refractivity contribution in [1.29, 1.82) is 0 Å². The summed E-state index contributed by atoms with van der Waals surface area (Å²) in [6.07, 6.45) is 3.78. The lowest BCUT2D eigenvalue weighted by Gasteiger charge is -2.26. The van der Waals surface area contributed by atoms with Gasteiger partial charge in [-0.05, 0) is 30.9 Å². The van der Waals surface area contributed by atoms with E-state index in [0.29, 0.717) is 24.8 Å². The van der Waals surface area contributed by atoms with Crippen molar-refractivity contribution < 1.29 is 18.1 Å². The van der Waals surface area contributed by atoms with E-state index in [2.05, 4.69) is 10.3 Å². The summed E-state index contributed by atoms with van der Waals surface area (Å²) >= 11 is 1.50. The number of rotatable bonds is 7. The minimum atomic E-state index is -3.80. The number of hydrogen-bond donors (Lipinski definition) is 1. The van der Waals surface area contributed by atoms with E-state index < -0.39 is 14.9 Å². The van der Waals surface area contributed by atoms with Crippen molar-refractivity contribution in [2.24, 2.45) is 5.92 Å². The number of morpholine rings is 1. The summed E-state index contributed by atoms with van der Waals surface area (Å²) in [6.45, 7) is 1.11. The molecule has 0 radical (unpaired) electrons. The second-order valence-electron chi connectivity index (χ2n) is 6.78. The predicted octanol–water partition coefficient (Wildman–Crippen LogP) is 2.64. The molecule has 1 N–H and O–H groups in total. The smallest absolute Gasteiger partial charge is 0.293 e. The van der Waals surface area contributed by atoms with Crippen LogP contribution >= 0.6 is 11.3 Å². The molecule has 2 fully saturated rings. The fourth-order valence-corrected chi connectivity index (χ4v) is 5.46. The molecule has 2 heterocycles. The van der Waals surface area contributed by atoms with Crippen LogP contribution < -0.4 is 5.32 Å². The Morgan fingerprint density at radius 3 is 2.68 bits per heavy atom. The van der Waals surface area contributed by atoms with E-state index in [1.807, 2.05) is 5.38 Å². The lowest BCUT2D eigenvalue weighted by Crippen LogP contribution is -2.40.